The number of aromatic hydroxyl groups is 2. The minimum atomic E-state index is -0.697. The molecule has 1 aliphatic rings. The van der Waals surface area contributed by atoms with E-state index in [1.807, 2.05) is 6.07 Å². The number of pyridine rings is 1. The molecule has 3 aromatic rings. The van der Waals surface area contributed by atoms with Crippen LogP contribution in [-0.4, -0.2) is 40.1 Å². The third-order valence-electron chi connectivity index (χ3n) is 5.57. The first-order valence-corrected chi connectivity index (χ1v) is 10.1. The number of phenolic OH excluding ortho intramolecular Hbond substituents is 1. The van der Waals surface area contributed by atoms with Crippen molar-refractivity contribution in [2.45, 2.75) is 13.5 Å². The van der Waals surface area contributed by atoms with Crippen molar-refractivity contribution < 1.29 is 24.5 Å². The number of nitrogens with zero attached hydrogens (tertiary/aromatic N) is 4. The number of nitriles is 1. The standard InChI is InChI=1S/C24H18N4O6/c1-12-15(11-25)23(32)28(9-10-34-2)24(33)20(12)27-26-16-7-3-5-13-18(16)21(30)14-6-4-8-17(29)19(14)22(13)31/h3-8,29,32H,9-10H2,1-2H3. The number of methoxy groups -OCH3 is 1. The molecule has 0 bridgehead atoms. The van der Waals surface area contributed by atoms with E-state index >= 15 is 0 Å². The van der Waals surface area contributed by atoms with E-state index in [1.165, 1.54) is 50.4 Å². The molecular formula is C24H18N4O6. The highest BCUT2D eigenvalue weighted by atomic mass is 16.5. The number of phenols is 1. The van der Waals surface area contributed by atoms with E-state index in [2.05, 4.69) is 10.2 Å². The van der Waals surface area contributed by atoms with Crippen LogP contribution in [0.25, 0.3) is 0 Å². The number of fused-ring (bicyclic) bond motifs is 2. The van der Waals surface area contributed by atoms with Crippen molar-refractivity contribution in [3.8, 4) is 17.7 Å². The summed E-state index contributed by atoms with van der Waals surface area (Å²) in [5.74, 6) is -1.86. The van der Waals surface area contributed by atoms with Crippen LogP contribution in [0.4, 0.5) is 11.4 Å². The van der Waals surface area contributed by atoms with E-state index in [1.54, 1.807) is 0 Å². The topological polar surface area (TPSA) is 154 Å². The lowest BCUT2D eigenvalue weighted by Gasteiger charge is -2.19. The van der Waals surface area contributed by atoms with Gasteiger partial charge in [0.2, 0.25) is 5.88 Å². The average molecular weight is 458 g/mol. The van der Waals surface area contributed by atoms with Crippen molar-refractivity contribution in [1.29, 1.82) is 5.26 Å². The molecule has 0 aliphatic heterocycles. The first-order valence-electron chi connectivity index (χ1n) is 10.1. The fourth-order valence-electron chi connectivity index (χ4n) is 3.84. The van der Waals surface area contributed by atoms with Crippen molar-refractivity contribution in [2.75, 3.05) is 13.7 Å². The second-order valence-corrected chi connectivity index (χ2v) is 7.49. The summed E-state index contributed by atoms with van der Waals surface area (Å²) < 4.78 is 5.91. The third kappa shape index (κ3) is 3.44. The van der Waals surface area contributed by atoms with E-state index in [0.29, 0.717) is 0 Å². The van der Waals surface area contributed by atoms with Crippen molar-refractivity contribution in [3.63, 3.8) is 0 Å². The van der Waals surface area contributed by atoms with Gasteiger partial charge in [-0.2, -0.15) is 5.26 Å². The lowest BCUT2D eigenvalue weighted by molar-refractivity contribution is 0.0977. The van der Waals surface area contributed by atoms with Gasteiger partial charge in [0, 0.05) is 23.8 Å². The maximum absolute atomic E-state index is 13.2. The van der Waals surface area contributed by atoms with Crippen LogP contribution in [0.3, 0.4) is 0 Å². The smallest absolute Gasteiger partial charge is 0.281 e. The second-order valence-electron chi connectivity index (χ2n) is 7.49. The summed E-state index contributed by atoms with van der Waals surface area (Å²) in [5.41, 5.74) is -0.885. The Bertz CT molecular complexity index is 1500. The van der Waals surface area contributed by atoms with Crippen molar-refractivity contribution in [3.05, 3.63) is 80.1 Å². The number of rotatable bonds is 5. The lowest BCUT2D eigenvalue weighted by Crippen LogP contribution is -2.23. The molecule has 170 valence electrons. The highest BCUT2D eigenvalue weighted by molar-refractivity contribution is 6.30. The van der Waals surface area contributed by atoms with Crippen LogP contribution < -0.4 is 5.56 Å². The van der Waals surface area contributed by atoms with Gasteiger partial charge in [0.05, 0.1) is 30.0 Å². The molecule has 2 N–H and O–H groups in total. The van der Waals surface area contributed by atoms with Crippen LogP contribution >= 0.6 is 0 Å². The molecule has 0 spiro atoms. The molecule has 1 aliphatic carbocycles. The minimum absolute atomic E-state index is 0.00834. The predicted molar refractivity (Wildman–Crippen MR) is 119 cm³/mol. The molecule has 0 unspecified atom stereocenters. The molecular weight excluding hydrogens is 440 g/mol. The van der Waals surface area contributed by atoms with Crippen LogP contribution in [-0.2, 0) is 11.3 Å². The Morgan fingerprint density at radius 3 is 2.32 bits per heavy atom. The van der Waals surface area contributed by atoms with Crippen molar-refractivity contribution in [2.24, 2.45) is 10.2 Å². The number of carbonyl (C=O) groups is 2. The van der Waals surface area contributed by atoms with Crippen molar-refractivity contribution in [1.82, 2.24) is 4.57 Å². The molecule has 1 heterocycles. The van der Waals surface area contributed by atoms with Crippen LogP contribution in [0, 0.1) is 18.3 Å². The van der Waals surface area contributed by atoms with Gasteiger partial charge >= 0.3 is 0 Å². The first-order chi connectivity index (χ1) is 16.3. The molecule has 10 heteroatoms. The number of hydrogen-bond acceptors (Lipinski definition) is 9. The number of ketones is 2. The number of hydrogen-bond donors (Lipinski definition) is 2. The number of azo groups is 1. The Labute approximate surface area is 193 Å². The quantitative estimate of drug-likeness (QED) is 0.435. The average Bonchev–Trinajstić information content (AvgIpc) is 2.82. The van der Waals surface area contributed by atoms with E-state index in [4.69, 9.17) is 4.74 Å². The largest absolute Gasteiger partial charge is 0.507 e. The molecule has 0 saturated carbocycles. The molecule has 1 aromatic heterocycles. The molecule has 0 amide bonds. The third-order valence-corrected chi connectivity index (χ3v) is 5.57. The Morgan fingerprint density at radius 1 is 1.00 bits per heavy atom. The SMILES string of the molecule is COCCn1c(O)c(C#N)c(C)c(N=Nc2cccc3c2C(=O)c2cccc(O)c2C3=O)c1=O. The second kappa shape index (κ2) is 8.73. The van der Waals surface area contributed by atoms with Gasteiger partial charge in [-0.1, -0.05) is 24.3 Å². The van der Waals surface area contributed by atoms with Crippen LogP contribution in [0.2, 0.25) is 0 Å². The maximum atomic E-state index is 13.2. The molecule has 10 nitrogen and oxygen atoms in total. The van der Waals surface area contributed by atoms with E-state index in [0.717, 1.165) is 4.57 Å². The highest BCUT2D eigenvalue weighted by Gasteiger charge is 2.33. The highest BCUT2D eigenvalue weighted by Crippen LogP contribution is 2.37. The van der Waals surface area contributed by atoms with E-state index in [-0.39, 0.29) is 63.7 Å². The van der Waals surface area contributed by atoms with E-state index < -0.39 is 23.0 Å². The number of benzene rings is 2. The fourth-order valence-corrected chi connectivity index (χ4v) is 3.84. The predicted octanol–water partition coefficient (Wildman–Crippen LogP) is 3.28. The number of aromatic nitrogens is 1. The van der Waals surface area contributed by atoms with E-state index in [9.17, 15) is 29.9 Å². The summed E-state index contributed by atoms with van der Waals surface area (Å²) in [6.07, 6.45) is 0. The van der Waals surface area contributed by atoms with Gasteiger partial charge in [-0.05, 0) is 19.1 Å². The van der Waals surface area contributed by atoms with Crippen LogP contribution in [0.1, 0.15) is 43.0 Å². The van der Waals surface area contributed by atoms with Gasteiger partial charge in [-0.25, -0.2) is 0 Å². The summed E-state index contributed by atoms with van der Waals surface area (Å²) in [6, 6.07) is 10.5. The van der Waals surface area contributed by atoms with Gasteiger partial charge in [0.1, 0.15) is 17.4 Å². The van der Waals surface area contributed by atoms with Gasteiger partial charge in [-0.15, -0.1) is 10.2 Å². The van der Waals surface area contributed by atoms with Gasteiger partial charge in [0.15, 0.2) is 17.3 Å². The minimum Gasteiger partial charge on any atom is -0.507 e. The normalized spacial score (nSPS) is 12.5. The molecule has 0 radical (unpaired) electrons. The summed E-state index contributed by atoms with van der Waals surface area (Å²) in [4.78, 5) is 39.1. The summed E-state index contributed by atoms with van der Waals surface area (Å²) in [6.45, 7) is 1.53. The van der Waals surface area contributed by atoms with Gasteiger partial charge in [0.25, 0.3) is 5.56 Å². The molecule has 2 aromatic carbocycles. The zero-order chi connectivity index (χ0) is 24.6. The molecule has 0 atom stereocenters. The maximum Gasteiger partial charge on any atom is 0.281 e. The van der Waals surface area contributed by atoms with Crippen molar-refractivity contribution >= 4 is 22.9 Å². The van der Waals surface area contributed by atoms with Gasteiger partial charge < -0.3 is 14.9 Å². The van der Waals surface area contributed by atoms with Crippen LogP contribution in [0.15, 0.2) is 51.4 Å². The Balaban J connectivity index is 1.87. The Hall–Kier alpha value is -4.62. The summed E-state index contributed by atoms with van der Waals surface area (Å²) in [5, 5.41) is 38.0. The zero-order valence-electron chi connectivity index (χ0n) is 18.2. The Morgan fingerprint density at radius 2 is 1.65 bits per heavy atom. The lowest BCUT2D eigenvalue weighted by atomic mass is 9.83. The summed E-state index contributed by atoms with van der Waals surface area (Å²) >= 11 is 0. The number of ether oxygens (including phenoxy) is 1. The summed E-state index contributed by atoms with van der Waals surface area (Å²) in [7, 11) is 1.43. The molecule has 0 saturated heterocycles. The first kappa shape index (κ1) is 22.6. The molecule has 34 heavy (non-hydrogen) atoms. The molecule has 4 rings (SSSR count). The number of carbonyl (C=O) groups excluding carboxylic acids is 2. The fraction of sp³-hybridized carbons (Fsp3) is 0.167. The van der Waals surface area contributed by atoms with Crippen LogP contribution in [0.5, 0.6) is 11.6 Å². The zero-order valence-corrected chi connectivity index (χ0v) is 18.2. The van der Waals surface area contributed by atoms with Gasteiger partial charge in [-0.3, -0.25) is 19.0 Å². The monoisotopic (exact) mass is 458 g/mol. The Kier molecular flexibility index (Phi) is 5.79. The molecule has 0 fully saturated rings.